The average Bonchev–Trinajstić information content (AvgIpc) is 2.67. The Morgan fingerprint density at radius 1 is 1.35 bits per heavy atom. The Labute approximate surface area is 120 Å². The zero-order valence-electron chi connectivity index (χ0n) is 10.0. The summed E-state index contributed by atoms with van der Waals surface area (Å²) in [6.07, 6.45) is 1.21. The Kier molecular flexibility index (Phi) is 4.29. The molecule has 94 valence electrons. The SMILES string of the molecule is CC1(CN)CCN(Cc2ccc(Br)c(Br)c2)C1. The highest BCUT2D eigenvalue weighted by atomic mass is 79.9. The molecule has 0 aliphatic carbocycles. The highest BCUT2D eigenvalue weighted by Gasteiger charge is 2.32. The molecule has 1 unspecified atom stereocenters. The van der Waals surface area contributed by atoms with Crippen LogP contribution in [0.5, 0.6) is 0 Å². The smallest absolute Gasteiger partial charge is 0.0320 e. The van der Waals surface area contributed by atoms with Gasteiger partial charge in [-0.25, -0.2) is 0 Å². The quantitative estimate of drug-likeness (QED) is 0.894. The summed E-state index contributed by atoms with van der Waals surface area (Å²) < 4.78 is 2.23. The fourth-order valence-electron chi connectivity index (χ4n) is 2.32. The number of halogens is 2. The monoisotopic (exact) mass is 360 g/mol. The van der Waals surface area contributed by atoms with Gasteiger partial charge in [-0.05, 0) is 74.5 Å². The first kappa shape index (κ1) is 13.5. The second-order valence-electron chi connectivity index (χ2n) is 5.22. The van der Waals surface area contributed by atoms with Gasteiger partial charge in [0.05, 0.1) is 0 Å². The van der Waals surface area contributed by atoms with Gasteiger partial charge in [-0.1, -0.05) is 13.0 Å². The Morgan fingerprint density at radius 2 is 2.12 bits per heavy atom. The highest BCUT2D eigenvalue weighted by Crippen LogP contribution is 2.30. The van der Waals surface area contributed by atoms with E-state index in [-0.39, 0.29) is 0 Å². The van der Waals surface area contributed by atoms with Crippen molar-refractivity contribution >= 4 is 31.9 Å². The highest BCUT2D eigenvalue weighted by molar-refractivity contribution is 9.13. The summed E-state index contributed by atoms with van der Waals surface area (Å²) in [4.78, 5) is 2.49. The molecule has 1 atom stereocenters. The van der Waals surface area contributed by atoms with Crippen LogP contribution in [0.15, 0.2) is 27.1 Å². The first-order valence-corrected chi connectivity index (χ1v) is 7.47. The fraction of sp³-hybridized carbons (Fsp3) is 0.538. The Balaban J connectivity index is 2.00. The third-order valence-electron chi connectivity index (χ3n) is 3.52. The molecule has 0 amide bonds. The van der Waals surface area contributed by atoms with E-state index in [2.05, 4.69) is 61.9 Å². The summed E-state index contributed by atoms with van der Waals surface area (Å²) in [6.45, 7) is 6.35. The number of benzene rings is 1. The van der Waals surface area contributed by atoms with Crippen molar-refractivity contribution in [1.82, 2.24) is 4.90 Å². The van der Waals surface area contributed by atoms with Gasteiger partial charge in [0.2, 0.25) is 0 Å². The standard InChI is InChI=1S/C13H18Br2N2/c1-13(8-16)4-5-17(9-13)7-10-2-3-11(14)12(15)6-10/h2-3,6H,4-5,7-9,16H2,1H3. The number of nitrogens with two attached hydrogens (primary N) is 1. The molecule has 1 aliphatic heterocycles. The van der Waals surface area contributed by atoms with Crippen molar-refractivity contribution < 1.29 is 0 Å². The summed E-state index contributed by atoms with van der Waals surface area (Å²) >= 11 is 7.04. The minimum Gasteiger partial charge on any atom is -0.330 e. The lowest BCUT2D eigenvalue weighted by atomic mass is 9.90. The minimum absolute atomic E-state index is 0.312. The second-order valence-corrected chi connectivity index (χ2v) is 6.93. The molecule has 1 aromatic rings. The molecule has 1 heterocycles. The molecule has 4 heteroatoms. The van der Waals surface area contributed by atoms with E-state index in [1.165, 1.54) is 12.0 Å². The molecule has 0 radical (unpaired) electrons. The molecule has 1 aromatic carbocycles. The lowest BCUT2D eigenvalue weighted by Crippen LogP contribution is -2.31. The van der Waals surface area contributed by atoms with E-state index in [1.807, 2.05) is 0 Å². The summed E-state index contributed by atoms with van der Waals surface area (Å²) in [5.41, 5.74) is 7.49. The van der Waals surface area contributed by atoms with E-state index in [9.17, 15) is 0 Å². The molecule has 0 saturated carbocycles. The summed E-state index contributed by atoms with van der Waals surface area (Å²) in [5.74, 6) is 0. The van der Waals surface area contributed by atoms with Crippen LogP contribution >= 0.6 is 31.9 Å². The molecule has 0 spiro atoms. The van der Waals surface area contributed by atoms with Gasteiger partial charge in [0, 0.05) is 22.0 Å². The average molecular weight is 362 g/mol. The maximum Gasteiger partial charge on any atom is 0.0320 e. The molecule has 17 heavy (non-hydrogen) atoms. The maximum atomic E-state index is 5.83. The zero-order chi connectivity index (χ0) is 12.5. The number of hydrogen-bond acceptors (Lipinski definition) is 2. The first-order chi connectivity index (χ1) is 8.02. The van der Waals surface area contributed by atoms with Crippen molar-refractivity contribution in [3.05, 3.63) is 32.7 Å². The lowest BCUT2D eigenvalue weighted by molar-refractivity contribution is 0.274. The molecular weight excluding hydrogens is 344 g/mol. The molecule has 2 rings (SSSR count). The normalized spacial score (nSPS) is 25.4. The molecule has 1 saturated heterocycles. The molecule has 1 fully saturated rings. The van der Waals surface area contributed by atoms with Crippen LogP contribution in [0.25, 0.3) is 0 Å². The largest absolute Gasteiger partial charge is 0.330 e. The van der Waals surface area contributed by atoms with Gasteiger partial charge in [0.1, 0.15) is 0 Å². The van der Waals surface area contributed by atoms with Crippen LogP contribution in [0.3, 0.4) is 0 Å². The predicted molar refractivity (Wildman–Crippen MR) is 78.9 cm³/mol. The van der Waals surface area contributed by atoms with Crippen molar-refractivity contribution in [3.63, 3.8) is 0 Å². The van der Waals surface area contributed by atoms with Gasteiger partial charge in [0.25, 0.3) is 0 Å². The van der Waals surface area contributed by atoms with E-state index in [1.54, 1.807) is 0 Å². The third-order valence-corrected chi connectivity index (χ3v) is 5.40. The van der Waals surface area contributed by atoms with E-state index < -0.39 is 0 Å². The minimum atomic E-state index is 0.312. The Bertz CT molecular complexity index is 408. The van der Waals surface area contributed by atoms with E-state index >= 15 is 0 Å². The number of hydrogen-bond donors (Lipinski definition) is 1. The Hall–Kier alpha value is 0.1000. The number of likely N-dealkylation sites (tertiary alicyclic amines) is 1. The molecule has 2 nitrogen and oxygen atoms in total. The molecule has 2 N–H and O–H groups in total. The zero-order valence-corrected chi connectivity index (χ0v) is 13.2. The second kappa shape index (κ2) is 5.39. The molecule has 1 aliphatic rings. The van der Waals surface area contributed by atoms with E-state index in [4.69, 9.17) is 5.73 Å². The van der Waals surface area contributed by atoms with Crippen molar-refractivity contribution in [1.29, 1.82) is 0 Å². The van der Waals surface area contributed by atoms with E-state index in [0.717, 1.165) is 35.1 Å². The topological polar surface area (TPSA) is 29.3 Å². The predicted octanol–water partition coefficient (Wildman–Crippen LogP) is 3.38. The van der Waals surface area contributed by atoms with Crippen molar-refractivity contribution in [3.8, 4) is 0 Å². The van der Waals surface area contributed by atoms with Crippen molar-refractivity contribution in [2.75, 3.05) is 19.6 Å². The summed E-state index contributed by atoms with van der Waals surface area (Å²) in [6, 6.07) is 6.45. The van der Waals surface area contributed by atoms with Crippen LogP contribution in [0.4, 0.5) is 0 Å². The summed E-state index contributed by atoms with van der Waals surface area (Å²) in [7, 11) is 0. The summed E-state index contributed by atoms with van der Waals surface area (Å²) in [5, 5.41) is 0. The Morgan fingerprint density at radius 3 is 2.71 bits per heavy atom. The molecular formula is C13H18Br2N2. The van der Waals surface area contributed by atoms with Gasteiger partial charge < -0.3 is 5.73 Å². The van der Waals surface area contributed by atoms with Crippen molar-refractivity contribution in [2.45, 2.75) is 19.9 Å². The van der Waals surface area contributed by atoms with E-state index in [0.29, 0.717) is 5.41 Å². The van der Waals surface area contributed by atoms with Gasteiger partial charge in [0.15, 0.2) is 0 Å². The number of rotatable bonds is 3. The van der Waals surface area contributed by atoms with Crippen LogP contribution in [0.1, 0.15) is 18.9 Å². The number of nitrogens with zero attached hydrogens (tertiary/aromatic N) is 1. The molecule has 0 bridgehead atoms. The maximum absolute atomic E-state index is 5.83. The van der Waals surface area contributed by atoms with Crippen LogP contribution in [-0.4, -0.2) is 24.5 Å². The van der Waals surface area contributed by atoms with Gasteiger partial charge >= 0.3 is 0 Å². The van der Waals surface area contributed by atoms with Gasteiger partial charge in [-0.2, -0.15) is 0 Å². The lowest BCUT2D eigenvalue weighted by Gasteiger charge is -2.22. The van der Waals surface area contributed by atoms with Gasteiger partial charge in [-0.15, -0.1) is 0 Å². The van der Waals surface area contributed by atoms with Crippen molar-refractivity contribution in [2.24, 2.45) is 11.1 Å². The third kappa shape index (κ3) is 3.31. The van der Waals surface area contributed by atoms with Crippen LogP contribution in [-0.2, 0) is 6.54 Å². The molecule has 0 aromatic heterocycles. The van der Waals surface area contributed by atoms with Crippen LogP contribution in [0.2, 0.25) is 0 Å². The fourth-order valence-corrected chi connectivity index (χ4v) is 3.00. The first-order valence-electron chi connectivity index (χ1n) is 5.89. The van der Waals surface area contributed by atoms with Gasteiger partial charge in [-0.3, -0.25) is 4.90 Å². The van der Waals surface area contributed by atoms with Crippen LogP contribution in [0, 0.1) is 5.41 Å². The van der Waals surface area contributed by atoms with Crippen LogP contribution < -0.4 is 5.73 Å².